The fourth-order valence-corrected chi connectivity index (χ4v) is 3.25. The van der Waals surface area contributed by atoms with Crippen molar-refractivity contribution in [2.75, 3.05) is 13.1 Å². The third-order valence-electron chi connectivity index (χ3n) is 4.65. The van der Waals surface area contributed by atoms with Gasteiger partial charge >= 0.3 is 0 Å². The fraction of sp³-hybridized carbons (Fsp3) is 0.632. The molecule has 2 N–H and O–H groups in total. The van der Waals surface area contributed by atoms with Gasteiger partial charge in [-0.3, -0.25) is 9.28 Å². The summed E-state index contributed by atoms with van der Waals surface area (Å²) in [4.78, 5) is 11.6. The molecule has 3 heteroatoms. The zero-order valence-corrected chi connectivity index (χ0v) is 14.4. The maximum absolute atomic E-state index is 11.6. The van der Waals surface area contributed by atoms with Gasteiger partial charge in [0.2, 0.25) is 5.78 Å². The molecule has 0 spiro atoms. The molecule has 0 bridgehead atoms. The Kier molecular flexibility index (Phi) is 9.28. The average molecular weight is 301 g/mol. The first-order valence-corrected chi connectivity index (χ1v) is 7.91. The normalized spacial score (nSPS) is 16.9. The van der Waals surface area contributed by atoms with E-state index in [0.29, 0.717) is 10.9 Å². The monoisotopic (exact) mass is 301 g/mol. The Morgan fingerprint density at radius 3 is 2.14 bits per heavy atom. The zero-order chi connectivity index (χ0) is 17.2. The van der Waals surface area contributed by atoms with Gasteiger partial charge < -0.3 is 5.73 Å². The Hall–Kier alpha value is -1.73. The van der Waals surface area contributed by atoms with Crippen LogP contribution in [0.2, 0.25) is 0 Å². The molecule has 0 heterocycles. The van der Waals surface area contributed by atoms with Crippen molar-refractivity contribution in [2.24, 2.45) is 5.73 Å². The lowest BCUT2D eigenvalue weighted by molar-refractivity contribution is -0.974. The molecular weight excluding hydrogens is 272 g/mol. The van der Waals surface area contributed by atoms with Gasteiger partial charge in [-0.25, -0.2) is 0 Å². The van der Waals surface area contributed by atoms with E-state index in [2.05, 4.69) is 37.5 Å². The molecule has 0 aromatic rings. The second-order valence-electron chi connectivity index (χ2n) is 5.67. The molecule has 0 aromatic carbocycles. The number of nitrogens with zero attached hydrogens (tertiary/aromatic N) is 1. The van der Waals surface area contributed by atoms with Gasteiger partial charge in [-0.05, 0) is 58.3 Å². The van der Waals surface area contributed by atoms with Gasteiger partial charge in [0, 0.05) is 6.42 Å². The second-order valence-corrected chi connectivity index (χ2v) is 5.67. The van der Waals surface area contributed by atoms with Crippen LogP contribution in [0.5, 0.6) is 0 Å². The first kappa shape index (κ1) is 20.3. The molecule has 0 saturated heterocycles. The number of hydrogen-bond acceptors (Lipinski definition) is 2. The predicted octanol–water partition coefficient (Wildman–Crippen LogP) is 1.96. The number of hydrogen-bond donors (Lipinski definition) is 1. The fourth-order valence-electron chi connectivity index (χ4n) is 3.25. The van der Waals surface area contributed by atoms with Crippen LogP contribution in [0.1, 0.15) is 47.0 Å². The van der Waals surface area contributed by atoms with Crippen LogP contribution in [-0.2, 0) is 4.79 Å². The lowest BCUT2D eigenvalue weighted by Crippen LogP contribution is -2.63. The smallest absolute Gasteiger partial charge is 0.205 e. The summed E-state index contributed by atoms with van der Waals surface area (Å²) in [5, 5.41) is 0. The molecule has 22 heavy (non-hydrogen) atoms. The third kappa shape index (κ3) is 4.92. The molecular formula is C19H29N2O+. The SMILES string of the molecule is C#CC(C)[N+](CC)(C(C)C#C)C(C)CCCC(=O)C#CCN. The van der Waals surface area contributed by atoms with Gasteiger partial charge in [0.15, 0.2) is 0 Å². The minimum atomic E-state index is -0.0535. The first-order valence-electron chi connectivity index (χ1n) is 7.91. The summed E-state index contributed by atoms with van der Waals surface area (Å²) in [5.74, 6) is 10.8. The molecule has 0 radical (unpaired) electrons. The van der Waals surface area contributed by atoms with E-state index in [4.69, 9.17) is 18.6 Å². The minimum Gasteiger partial charge on any atom is -0.320 e. The molecule has 0 saturated carbocycles. The van der Waals surface area contributed by atoms with Crippen LogP contribution in [0.3, 0.4) is 0 Å². The van der Waals surface area contributed by atoms with E-state index in [0.717, 1.165) is 19.4 Å². The van der Waals surface area contributed by atoms with Crippen LogP contribution >= 0.6 is 0 Å². The topological polar surface area (TPSA) is 43.1 Å². The molecule has 3 unspecified atom stereocenters. The highest BCUT2D eigenvalue weighted by Crippen LogP contribution is 2.27. The number of rotatable bonds is 8. The summed E-state index contributed by atoms with van der Waals surface area (Å²) in [6.07, 6.45) is 13.5. The van der Waals surface area contributed by atoms with Crippen molar-refractivity contribution >= 4 is 5.78 Å². The molecule has 0 aromatic heterocycles. The lowest BCUT2D eigenvalue weighted by Gasteiger charge is -2.48. The van der Waals surface area contributed by atoms with E-state index in [1.54, 1.807) is 0 Å². The van der Waals surface area contributed by atoms with E-state index in [-0.39, 0.29) is 30.5 Å². The summed E-state index contributed by atoms with van der Waals surface area (Å²) in [5.41, 5.74) is 5.26. The molecule has 0 aliphatic rings. The van der Waals surface area contributed by atoms with Crippen molar-refractivity contribution < 1.29 is 9.28 Å². The highest BCUT2D eigenvalue weighted by atomic mass is 16.1. The molecule has 0 rings (SSSR count). The Labute approximate surface area is 136 Å². The number of carbonyl (C=O) groups is 1. The molecule has 0 aliphatic carbocycles. The maximum atomic E-state index is 11.6. The summed E-state index contributed by atoms with van der Waals surface area (Å²) in [6, 6.07) is 0.370. The van der Waals surface area contributed by atoms with Crippen LogP contribution in [-0.4, -0.2) is 41.5 Å². The average Bonchev–Trinajstić information content (AvgIpc) is 2.53. The van der Waals surface area contributed by atoms with E-state index < -0.39 is 0 Å². The van der Waals surface area contributed by atoms with E-state index in [9.17, 15) is 4.79 Å². The van der Waals surface area contributed by atoms with E-state index >= 15 is 0 Å². The highest BCUT2D eigenvalue weighted by molar-refractivity contribution is 5.95. The standard InChI is InChI=1S/C19H29N2O/c1-7-16(4)21(9-3,17(5)8-2)18(6)12-10-13-19(22)14-11-15-20/h1-2,16-18H,9-10,12-13,15,20H2,3-6H3/q+1. The Morgan fingerprint density at radius 2 is 1.73 bits per heavy atom. The van der Waals surface area contributed by atoms with Gasteiger partial charge in [0.25, 0.3) is 0 Å². The zero-order valence-electron chi connectivity index (χ0n) is 14.4. The Morgan fingerprint density at radius 1 is 1.18 bits per heavy atom. The van der Waals surface area contributed by atoms with Crippen LogP contribution in [0.15, 0.2) is 0 Å². The van der Waals surface area contributed by atoms with Crippen molar-refractivity contribution in [1.29, 1.82) is 0 Å². The Balaban J connectivity index is 4.94. The van der Waals surface area contributed by atoms with Crippen molar-refractivity contribution in [2.45, 2.75) is 65.1 Å². The van der Waals surface area contributed by atoms with Gasteiger partial charge in [0.1, 0.15) is 12.1 Å². The molecule has 0 amide bonds. The number of ketones is 1. The van der Waals surface area contributed by atoms with Crippen LogP contribution in [0.4, 0.5) is 0 Å². The molecule has 0 aliphatic heterocycles. The summed E-state index contributed by atoms with van der Waals surface area (Å²) in [6.45, 7) is 9.48. The van der Waals surface area contributed by atoms with Gasteiger partial charge in [-0.1, -0.05) is 5.92 Å². The first-order chi connectivity index (χ1) is 10.4. The lowest BCUT2D eigenvalue weighted by atomic mass is 9.98. The number of terminal acetylenes is 2. The highest BCUT2D eigenvalue weighted by Gasteiger charge is 2.41. The van der Waals surface area contributed by atoms with Gasteiger partial charge in [-0.2, -0.15) is 0 Å². The predicted molar refractivity (Wildman–Crippen MR) is 92.5 cm³/mol. The van der Waals surface area contributed by atoms with Gasteiger partial charge in [-0.15, -0.1) is 12.8 Å². The van der Waals surface area contributed by atoms with Crippen molar-refractivity contribution in [3.05, 3.63) is 0 Å². The van der Waals surface area contributed by atoms with Crippen LogP contribution in [0.25, 0.3) is 0 Å². The number of quaternary nitrogens is 1. The van der Waals surface area contributed by atoms with E-state index in [1.165, 1.54) is 0 Å². The van der Waals surface area contributed by atoms with Crippen LogP contribution < -0.4 is 5.73 Å². The summed E-state index contributed by atoms with van der Waals surface area (Å²) < 4.78 is 0.690. The van der Waals surface area contributed by atoms with Crippen molar-refractivity contribution in [3.8, 4) is 36.5 Å². The summed E-state index contributed by atoms with van der Waals surface area (Å²) >= 11 is 0. The number of nitrogens with two attached hydrogens (primary N) is 1. The van der Waals surface area contributed by atoms with Crippen LogP contribution in [0, 0.1) is 36.5 Å². The second kappa shape index (κ2) is 10.1. The quantitative estimate of drug-likeness (QED) is 0.423. The van der Waals surface area contributed by atoms with Crippen molar-refractivity contribution in [1.82, 2.24) is 0 Å². The molecule has 0 fully saturated rings. The van der Waals surface area contributed by atoms with E-state index in [1.807, 2.05) is 13.8 Å². The molecule has 3 atom stereocenters. The number of carbonyl (C=O) groups excluding carboxylic acids is 1. The Bertz CT molecular complexity index is 478. The minimum absolute atomic E-state index is 0.0405. The molecule has 3 nitrogen and oxygen atoms in total. The number of Topliss-reactive ketones (excluding diaryl/α,β-unsaturated/α-hetero) is 1. The maximum Gasteiger partial charge on any atom is 0.205 e. The largest absolute Gasteiger partial charge is 0.320 e. The summed E-state index contributed by atoms with van der Waals surface area (Å²) in [7, 11) is 0. The van der Waals surface area contributed by atoms with Gasteiger partial charge in [0.05, 0.1) is 19.1 Å². The third-order valence-corrected chi connectivity index (χ3v) is 4.65. The molecule has 120 valence electrons. The van der Waals surface area contributed by atoms with Crippen molar-refractivity contribution in [3.63, 3.8) is 0 Å².